The van der Waals surface area contributed by atoms with Crippen molar-refractivity contribution in [1.82, 2.24) is 0 Å². The maximum absolute atomic E-state index is 10.4. The Morgan fingerprint density at radius 3 is 1.67 bits per heavy atom. The number of nitrogens with zero attached hydrogens (tertiary/aromatic N) is 3. The van der Waals surface area contributed by atoms with Crippen molar-refractivity contribution in [2.75, 3.05) is 0 Å². The summed E-state index contributed by atoms with van der Waals surface area (Å²) in [5, 5.41) is 0. The molecule has 0 aliphatic carbocycles. The van der Waals surface area contributed by atoms with E-state index in [0.717, 1.165) is 19.3 Å². The van der Waals surface area contributed by atoms with Gasteiger partial charge < -0.3 is 0 Å². The molecule has 0 aromatic carbocycles. The summed E-state index contributed by atoms with van der Waals surface area (Å²) in [6, 6.07) is -0.634. The van der Waals surface area contributed by atoms with Crippen LogP contribution in [-0.2, 0) is 14.4 Å². The van der Waals surface area contributed by atoms with Crippen LogP contribution in [0.5, 0.6) is 0 Å². The molecule has 1 unspecified atom stereocenters. The Balaban J connectivity index is 4.07. The van der Waals surface area contributed by atoms with Gasteiger partial charge in [-0.3, -0.25) is 0 Å². The van der Waals surface area contributed by atoms with E-state index in [9.17, 15) is 14.4 Å². The summed E-state index contributed by atoms with van der Waals surface area (Å²) in [5.41, 5.74) is 0. The molecule has 0 spiro atoms. The minimum absolute atomic E-state index is 0.533. The van der Waals surface area contributed by atoms with Crippen LogP contribution in [0.3, 0.4) is 0 Å². The summed E-state index contributed by atoms with van der Waals surface area (Å²) < 4.78 is 0. The van der Waals surface area contributed by atoms with Crippen LogP contribution in [0.15, 0.2) is 15.0 Å². The Morgan fingerprint density at radius 2 is 1.19 bits per heavy atom. The first kappa shape index (κ1) is 19.1. The Hall–Kier alpha value is -1.86. The van der Waals surface area contributed by atoms with Gasteiger partial charge in [0.1, 0.15) is 6.04 Å². The first-order chi connectivity index (χ1) is 10.3. The predicted octanol–water partition coefficient (Wildman–Crippen LogP) is 3.22. The van der Waals surface area contributed by atoms with Gasteiger partial charge in [-0.15, -0.1) is 0 Å². The molecule has 0 radical (unpaired) electrons. The minimum atomic E-state index is -1.01. The van der Waals surface area contributed by atoms with Gasteiger partial charge in [-0.05, 0) is 6.42 Å². The Bertz CT molecular complexity index is 388. The summed E-state index contributed by atoms with van der Waals surface area (Å²) in [4.78, 5) is 41.3. The molecule has 6 nitrogen and oxygen atoms in total. The fourth-order valence-electron chi connectivity index (χ4n) is 2.14. The van der Waals surface area contributed by atoms with Gasteiger partial charge in [-0.2, -0.15) is 15.0 Å². The molecule has 0 amide bonds. The van der Waals surface area contributed by atoms with Gasteiger partial charge in [-0.25, -0.2) is 14.4 Å². The highest BCUT2D eigenvalue weighted by Gasteiger charge is 2.19. The zero-order chi connectivity index (χ0) is 15.8. The minimum Gasteiger partial charge on any atom is -0.211 e. The standard InChI is InChI=1S/C15H23N3O3/c1-2-3-4-5-6-7-8-9-10-14(16-11-19)15(17-12-20)18-13-21/h14-15H,2-10H2,1H3. The molecule has 0 heterocycles. The van der Waals surface area contributed by atoms with Crippen molar-refractivity contribution in [3.63, 3.8) is 0 Å². The third kappa shape index (κ3) is 10.6. The zero-order valence-electron chi connectivity index (χ0n) is 12.6. The monoisotopic (exact) mass is 293 g/mol. The summed E-state index contributed by atoms with van der Waals surface area (Å²) in [6.07, 6.45) is 12.8. The molecule has 0 saturated heterocycles. The van der Waals surface area contributed by atoms with E-state index in [0.29, 0.717) is 6.42 Å². The maximum Gasteiger partial charge on any atom is 0.237 e. The molecule has 21 heavy (non-hydrogen) atoms. The van der Waals surface area contributed by atoms with Crippen LogP contribution >= 0.6 is 0 Å². The summed E-state index contributed by atoms with van der Waals surface area (Å²) in [6.45, 7) is 2.19. The SMILES string of the molecule is CCCCCCCCCCC(N=C=O)C(N=C=O)N=C=O. The van der Waals surface area contributed by atoms with Crippen molar-refractivity contribution in [2.45, 2.75) is 76.9 Å². The quantitative estimate of drug-likeness (QED) is 0.297. The smallest absolute Gasteiger partial charge is 0.211 e. The van der Waals surface area contributed by atoms with Gasteiger partial charge in [0.25, 0.3) is 0 Å². The van der Waals surface area contributed by atoms with Crippen molar-refractivity contribution in [3.8, 4) is 0 Å². The molecule has 6 heteroatoms. The normalized spacial score (nSPS) is 12.4. The topological polar surface area (TPSA) is 88.3 Å². The largest absolute Gasteiger partial charge is 0.237 e. The highest BCUT2D eigenvalue weighted by atomic mass is 16.1. The van der Waals surface area contributed by atoms with Crippen molar-refractivity contribution >= 4 is 18.2 Å². The highest BCUT2D eigenvalue weighted by Crippen LogP contribution is 2.15. The molecule has 116 valence electrons. The number of hydrogen-bond donors (Lipinski definition) is 0. The predicted molar refractivity (Wildman–Crippen MR) is 79.2 cm³/mol. The van der Waals surface area contributed by atoms with Crippen LogP contribution in [0.25, 0.3) is 0 Å². The van der Waals surface area contributed by atoms with E-state index in [1.807, 2.05) is 0 Å². The second kappa shape index (κ2) is 14.5. The van der Waals surface area contributed by atoms with Gasteiger partial charge in [0.05, 0.1) is 0 Å². The van der Waals surface area contributed by atoms with E-state index in [4.69, 9.17) is 0 Å². The molecular weight excluding hydrogens is 270 g/mol. The summed E-state index contributed by atoms with van der Waals surface area (Å²) in [7, 11) is 0. The molecule has 0 rings (SSSR count). The molecule has 0 N–H and O–H groups in total. The molecule has 0 bridgehead atoms. The molecule has 0 fully saturated rings. The Morgan fingerprint density at radius 1 is 0.714 bits per heavy atom. The van der Waals surface area contributed by atoms with Gasteiger partial charge >= 0.3 is 0 Å². The van der Waals surface area contributed by atoms with Gasteiger partial charge in [-0.1, -0.05) is 58.3 Å². The van der Waals surface area contributed by atoms with E-state index in [1.54, 1.807) is 0 Å². The van der Waals surface area contributed by atoms with Crippen LogP contribution in [-0.4, -0.2) is 30.4 Å². The van der Waals surface area contributed by atoms with Crippen LogP contribution in [0.1, 0.15) is 64.7 Å². The third-order valence-electron chi connectivity index (χ3n) is 3.29. The average Bonchev–Trinajstić information content (AvgIpc) is 2.48. The first-order valence-corrected chi connectivity index (χ1v) is 7.51. The zero-order valence-corrected chi connectivity index (χ0v) is 12.6. The molecule has 0 aliphatic rings. The van der Waals surface area contributed by atoms with Crippen molar-refractivity contribution in [1.29, 1.82) is 0 Å². The van der Waals surface area contributed by atoms with Crippen LogP contribution < -0.4 is 0 Å². The third-order valence-corrected chi connectivity index (χ3v) is 3.29. The second-order valence-corrected chi connectivity index (χ2v) is 4.91. The fraction of sp³-hybridized carbons (Fsp3) is 0.800. The van der Waals surface area contributed by atoms with E-state index < -0.39 is 12.2 Å². The van der Waals surface area contributed by atoms with E-state index in [2.05, 4.69) is 21.9 Å². The number of unbranched alkanes of at least 4 members (excludes halogenated alkanes) is 7. The number of aliphatic imine (C=N–C) groups is 3. The number of hydrogen-bond acceptors (Lipinski definition) is 6. The van der Waals surface area contributed by atoms with Gasteiger partial charge in [0.2, 0.25) is 18.2 Å². The lowest BCUT2D eigenvalue weighted by molar-refractivity contribution is 0.463. The van der Waals surface area contributed by atoms with Crippen molar-refractivity contribution in [2.24, 2.45) is 15.0 Å². The molecule has 1 atom stereocenters. The number of carbonyl (C=O) groups excluding carboxylic acids is 3. The van der Waals surface area contributed by atoms with Gasteiger partial charge in [0.15, 0.2) is 6.17 Å². The van der Waals surface area contributed by atoms with E-state index in [1.165, 1.54) is 50.3 Å². The summed E-state index contributed by atoms with van der Waals surface area (Å²) >= 11 is 0. The maximum atomic E-state index is 10.4. The molecule has 0 aromatic heterocycles. The highest BCUT2D eigenvalue weighted by molar-refractivity contribution is 5.38. The molecular formula is C15H23N3O3. The first-order valence-electron chi connectivity index (χ1n) is 7.51. The molecule has 0 saturated carbocycles. The molecule has 0 aliphatic heterocycles. The van der Waals surface area contributed by atoms with Crippen LogP contribution in [0, 0.1) is 0 Å². The van der Waals surface area contributed by atoms with E-state index in [-0.39, 0.29) is 0 Å². The van der Waals surface area contributed by atoms with E-state index >= 15 is 0 Å². The number of rotatable bonds is 13. The van der Waals surface area contributed by atoms with Crippen molar-refractivity contribution in [3.05, 3.63) is 0 Å². The molecule has 0 aromatic rings. The average molecular weight is 293 g/mol. The lowest BCUT2D eigenvalue weighted by Gasteiger charge is -2.12. The van der Waals surface area contributed by atoms with Crippen LogP contribution in [0.2, 0.25) is 0 Å². The number of isocyanates is 3. The van der Waals surface area contributed by atoms with Gasteiger partial charge in [0, 0.05) is 0 Å². The van der Waals surface area contributed by atoms with Crippen molar-refractivity contribution < 1.29 is 14.4 Å². The lowest BCUT2D eigenvalue weighted by atomic mass is 10.0. The van der Waals surface area contributed by atoms with Crippen LogP contribution in [0.4, 0.5) is 0 Å². The fourth-order valence-corrected chi connectivity index (χ4v) is 2.14. The Kier molecular flexibility index (Phi) is 13.3. The summed E-state index contributed by atoms with van der Waals surface area (Å²) in [5.74, 6) is 0. The Labute approximate surface area is 125 Å². The lowest BCUT2D eigenvalue weighted by Crippen LogP contribution is -2.20. The second-order valence-electron chi connectivity index (χ2n) is 4.91.